The molecule has 3 N–H and O–H groups in total. The molecule has 0 aliphatic heterocycles. The predicted molar refractivity (Wildman–Crippen MR) is 73.7 cm³/mol. The second-order valence-corrected chi connectivity index (χ2v) is 5.34. The van der Waals surface area contributed by atoms with Crippen LogP contribution in [0.25, 0.3) is 0 Å². The van der Waals surface area contributed by atoms with Crippen LogP contribution in [0.15, 0.2) is 18.5 Å². The molecule has 0 bridgehead atoms. The molecule has 0 saturated carbocycles. The van der Waals surface area contributed by atoms with Gasteiger partial charge < -0.3 is 11.1 Å². The second-order valence-electron chi connectivity index (χ2n) is 5.34. The van der Waals surface area contributed by atoms with Crippen LogP contribution in [0.4, 0.5) is 11.6 Å². The molecular weight excluding hydrogens is 242 g/mol. The zero-order valence-corrected chi connectivity index (χ0v) is 11.5. The highest BCUT2D eigenvalue weighted by Gasteiger charge is 2.18. The van der Waals surface area contributed by atoms with E-state index in [1.165, 1.54) is 0 Å². The van der Waals surface area contributed by atoms with Gasteiger partial charge in [-0.15, -0.1) is 5.10 Å². The van der Waals surface area contributed by atoms with Crippen LogP contribution >= 0.6 is 0 Å². The van der Waals surface area contributed by atoms with Gasteiger partial charge in [0, 0.05) is 24.2 Å². The van der Waals surface area contributed by atoms with Gasteiger partial charge in [-0.25, -0.2) is 9.97 Å². The fraction of sp³-hybridized carbons (Fsp3) is 0.500. The molecule has 2 aromatic heterocycles. The van der Waals surface area contributed by atoms with Gasteiger partial charge in [0.1, 0.15) is 17.5 Å². The Labute approximate surface area is 112 Å². The molecule has 2 rings (SSSR count). The number of anilines is 2. The third kappa shape index (κ3) is 3.64. The van der Waals surface area contributed by atoms with E-state index in [2.05, 4.69) is 46.4 Å². The number of nitrogen functional groups attached to an aromatic ring is 1. The zero-order valence-electron chi connectivity index (χ0n) is 11.5. The smallest absolute Gasteiger partial charge is 0.138 e. The molecule has 0 fully saturated rings. The highest BCUT2D eigenvalue weighted by Crippen LogP contribution is 2.20. The molecule has 0 radical (unpaired) electrons. The van der Waals surface area contributed by atoms with Gasteiger partial charge in [-0.3, -0.25) is 4.68 Å². The Balaban J connectivity index is 2.02. The summed E-state index contributed by atoms with van der Waals surface area (Å²) in [6, 6.07) is 1.73. The maximum absolute atomic E-state index is 5.80. The van der Waals surface area contributed by atoms with Crippen LogP contribution in [0.3, 0.4) is 0 Å². The van der Waals surface area contributed by atoms with Crippen molar-refractivity contribution in [2.45, 2.75) is 32.7 Å². The van der Waals surface area contributed by atoms with Crippen molar-refractivity contribution in [1.29, 1.82) is 0 Å². The first-order chi connectivity index (χ1) is 8.95. The molecule has 0 saturated heterocycles. The average Bonchev–Trinajstić information content (AvgIpc) is 2.80. The summed E-state index contributed by atoms with van der Waals surface area (Å²) in [7, 11) is 0. The first-order valence-corrected chi connectivity index (χ1v) is 6.18. The van der Waals surface area contributed by atoms with E-state index in [-0.39, 0.29) is 5.41 Å². The summed E-state index contributed by atoms with van der Waals surface area (Å²) in [6.45, 7) is 7.58. The van der Waals surface area contributed by atoms with E-state index < -0.39 is 0 Å². The number of nitrogens with two attached hydrogens (primary N) is 1. The first kappa shape index (κ1) is 13.3. The number of rotatable bonds is 4. The third-order valence-electron chi connectivity index (χ3n) is 2.54. The molecular formula is C12H19N7. The van der Waals surface area contributed by atoms with E-state index in [0.717, 1.165) is 18.2 Å². The van der Waals surface area contributed by atoms with Crippen LogP contribution in [0.5, 0.6) is 0 Å². The van der Waals surface area contributed by atoms with Crippen molar-refractivity contribution in [3.63, 3.8) is 0 Å². The van der Waals surface area contributed by atoms with E-state index >= 15 is 0 Å². The van der Waals surface area contributed by atoms with Gasteiger partial charge in [0.2, 0.25) is 0 Å². The van der Waals surface area contributed by atoms with Crippen LogP contribution < -0.4 is 11.1 Å². The summed E-state index contributed by atoms with van der Waals surface area (Å²) in [6.07, 6.45) is 3.47. The van der Waals surface area contributed by atoms with Gasteiger partial charge in [0.15, 0.2) is 0 Å². The monoisotopic (exact) mass is 261 g/mol. The topological polar surface area (TPSA) is 94.5 Å². The quantitative estimate of drug-likeness (QED) is 0.854. The van der Waals surface area contributed by atoms with Crippen LogP contribution in [-0.4, -0.2) is 31.5 Å². The number of nitrogens with one attached hydrogen (secondary N) is 1. The van der Waals surface area contributed by atoms with Gasteiger partial charge in [0.05, 0.1) is 12.7 Å². The summed E-state index contributed by atoms with van der Waals surface area (Å²) < 4.78 is 1.75. The Morgan fingerprint density at radius 1 is 1.32 bits per heavy atom. The van der Waals surface area contributed by atoms with E-state index in [1.807, 2.05) is 6.20 Å². The van der Waals surface area contributed by atoms with Crippen molar-refractivity contribution in [3.8, 4) is 0 Å². The minimum atomic E-state index is -0.127. The average molecular weight is 261 g/mol. The molecule has 0 atom stereocenters. The van der Waals surface area contributed by atoms with Crippen molar-refractivity contribution < 1.29 is 0 Å². The second kappa shape index (κ2) is 5.21. The van der Waals surface area contributed by atoms with Crippen LogP contribution in [0.1, 0.15) is 26.6 Å². The van der Waals surface area contributed by atoms with Crippen LogP contribution in [0, 0.1) is 0 Å². The van der Waals surface area contributed by atoms with Gasteiger partial charge in [0.25, 0.3) is 0 Å². The Morgan fingerprint density at radius 3 is 2.74 bits per heavy atom. The Bertz CT molecular complexity index is 528. The van der Waals surface area contributed by atoms with E-state index in [1.54, 1.807) is 16.9 Å². The van der Waals surface area contributed by atoms with Crippen LogP contribution in [0.2, 0.25) is 0 Å². The highest BCUT2D eigenvalue weighted by atomic mass is 15.4. The van der Waals surface area contributed by atoms with Crippen molar-refractivity contribution in [2.75, 3.05) is 17.6 Å². The summed E-state index contributed by atoms with van der Waals surface area (Å²) in [4.78, 5) is 8.74. The molecule has 0 aromatic carbocycles. The van der Waals surface area contributed by atoms with Gasteiger partial charge in [-0.1, -0.05) is 26.0 Å². The first-order valence-electron chi connectivity index (χ1n) is 6.18. The minimum Gasteiger partial charge on any atom is -0.384 e. The van der Waals surface area contributed by atoms with Crippen molar-refractivity contribution >= 4 is 11.6 Å². The van der Waals surface area contributed by atoms with Crippen molar-refractivity contribution in [2.24, 2.45) is 0 Å². The molecule has 0 spiro atoms. The molecule has 2 aromatic rings. The summed E-state index contributed by atoms with van der Waals surface area (Å²) in [5.74, 6) is 1.94. The normalized spacial score (nSPS) is 11.5. The SMILES string of the molecule is CC(C)(C)c1nc(N)cc(NCCn2ccnn2)n1. The Hall–Kier alpha value is -2.18. The van der Waals surface area contributed by atoms with Gasteiger partial charge in [-0.2, -0.15) is 0 Å². The molecule has 0 aliphatic rings. The third-order valence-corrected chi connectivity index (χ3v) is 2.54. The molecule has 19 heavy (non-hydrogen) atoms. The number of nitrogens with zero attached hydrogens (tertiary/aromatic N) is 5. The lowest BCUT2D eigenvalue weighted by atomic mass is 9.96. The highest BCUT2D eigenvalue weighted by molar-refractivity contribution is 5.45. The molecule has 7 heteroatoms. The van der Waals surface area contributed by atoms with E-state index in [9.17, 15) is 0 Å². The molecule has 0 amide bonds. The standard InChI is InChI=1S/C12H19N7/c1-12(2,3)11-16-9(13)8-10(17-11)14-4-6-19-7-5-15-18-19/h5,7-8H,4,6H2,1-3H3,(H3,13,14,16,17). The lowest BCUT2D eigenvalue weighted by Gasteiger charge is -2.18. The number of aromatic nitrogens is 5. The predicted octanol–water partition coefficient (Wildman–Crippen LogP) is 1.06. The fourth-order valence-corrected chi connectivity index (χ4v) is 1.54. The summed E-state index contributed by atoms with van der Waals surface area (Å²) >= 11 is 0. The molecule has 2 heterocycles. The van der Waals surface area contributed by atoms with Crippen LogP contribution in [-0.2, 0) is 12.0 Å². The minimum absolute atomic E-state index is 0.127. The molecule has 7 nitrogen and oxygen atoms in total. The summed E-state index contributed by atoms with van der Waals surface area (Å²) in [5.41, 5.74) is 5.68. The van der Waals surface area contributed by atoms with E-state index in [4.69, 9.17) is 5.73 Å². The molecule has 0 aliphatic carbocycles. The fourth-order valence-electron chi connectivity index (χ4n) is 1.54. The van der Waals surface area contributed by atoms with Gasteiger partial charge >= 0.3 is 0 Å². The summed E-state index contributed by atoms with van der Waals surface area (Å²) in [5, 5.41) is 10.9. The van der Waals surface area contributed by atoms with Gasteiger partial charge in [-0.05, 0) is 0 Å². The maximum atomic E-state index is 5.80. The number of hydrogen-bond donors (Lipinski definition) is 2. The molecule has 102 valence electrons. The maximum Gasteiger partial charge on any atom is 0.138 e. The number of hydrogen-bond acceptors (Lipinski definition) is 6. The largest absolute Gasteiger partial charge is 0.384 e. The van der Waals surface area contributed by atoms with Crippen molar-refractivity contribution in [1.82, 2.24) is 25.0 Å². The molecule has 0 unspecified atom stereocenters. The Morgan fingerprint density at radius 2 is 2.11 bits per heavy atom. The van der Waals surface area contributed by atoms with E-state index in [0.29, 0.717) is 12.4 Å². The lowest BCUT2D eigenvalue weighted by molar-refractivity contribution is 0.546. The zero-order chi connectivity index (χ0) is 13.9. The Kier molecular flexibility index (Phi) is 3.64. The van der Waals surface area contributed by atoms with Crippen molar-refractivity contribution in [3.05, 3.63) is 24.3 Å². The lowest BCUT2D eigenvalue weighted by Crippen LogP contribution is -2.19.